The van der Waals surface area contributed by atoms with Crippen molar-refractivity contribution in [2.24, 2.45) is 17.8 Å². The molecule has 4 unspecified atom stereocenters. The summed E-state index contributed by atoms with van der Waals surface area (Å²) in [6.45, 7) is 4.42. The number of rotatable bonds is 5. The zero-order valence-corrected chi connectivity index (χ0v) is 12.2. The van der Waals surface area contributed by atoms with E-state index in [-0.39, 0.29) is 6.10 Å². The van der Waals surface area contributed by atoms with Crippen LogP contribution in [0.5, 0.6) is 0 Å². The molecule has 2 radical (unpaired) electrons. The predicted molar refractivity (Wildman–Crippen MR) is 79.3 cm³/mol. The summed E-state index contributed by atoms with van der Waals surface area (Å²) in [5.74, 6) is 1.56. The third-order valence-electron chi connectivity index (χ3n) is 4.42. The Morgan fingerprint density at radius 2 is 2.17 bits per heavy atom. The minimum absolute atomic E-state index is 0.168. The summed E-state index contributed by atoms with van der Waals surface area (Å²) in [7, 11) is 5.81. The van der Waals surface area contributed by atoms with Crippen molar-refractivity contribution in [2.75, 3.05) is 0 Å². The van der Waals surface area contributed by atoms with E-state index in [9.17, 15) is 5.11 Å². The van der Waals surface area contributed by atoms with Gasteiger partial charge in [-0.25, -0.2) is 0 Å². The molecule has 0 aromatic carbocycles. The Kier molecular flexibility index (Phi) is 4.91. The molecule has 0 aliphatic heterocycles. The first-order chi connectivity index (χ1) is 8.61. The monoisotopic (exact) mass is 262 g/mol. The van der Waals surface area contributed by atoms with Gasteiger partial charge in [0.2, 0.25) is 0 Å². The van der Waals surface area contributed by atoms with Crippen LogP contribution in [0.4, 0.5) is 0 Å². The molecule has 0 bridgehead atoms. The van der Waals surface area contributed by atoms with Gasteiger partial charge in [0.1, 0.15) is 0 Å². The van der Waals surface area contributed by atoms with Crippen LogP contribution in [0.2, 0.25) is 6.32 Å². The van der Waals surface area contributed by atoms with Gasteiger partial charge in [-0.05, 0) is 62.5 Å². The lowest BCUT2D eigenvalue weighted by Crippen LogP contribution is -2.19. The summed E-state index contributed by atoms with van der Waals surface area (Å²) in [5.41, 5.74) is 0. The number of aryl methyl sites for hydroxylation is 2. The topological polar surface area (TPSA) is 20.2 Å². The van der Waals surface area contributed by atoms with Gasteiger partial charge in [-0.1, -0.05) is 13.2 Å². The Morgan fingerprint density at radius 1 is 1.39 bits per heavy atom. The molecule has 1 aliphatic rings. The molecule has 1 aromatic heterocycles. The van der Waals surface area contributed by atoms with E-state index in [1.807, 2.05) is 11.3 Å². The number of hydrogen-bond donors (Lipinski definition) is 1. The molecular formula is C15H23BOS. The van der Waals surface area contributed by atoms with Gasteiger partial charge >= 0.3 is 0 Å². The van der Waals surface area contributed by atoms with Gasteiger partial charge in [0.25, 0.3) is 0 Å². The highest BCUT2D eigenvalue weighted by Crippen LogP contribution is 2.41. The molecule has 0 spiro atoms. The minimum Gasteiger partial charge on any atom is -0.393 e. The lowest BCUT2D eigenvalue weighted by Gasteiger charge is -2.23. The lowest BCUT2D eigenvalue weighted by molar-refractivity contribution is 0.126. The van der Waals surface area contributed by atoms with Gasteiger partial charge in [0, 0.05) is 9.75 Å². The fourth-order valence-electron chi connectivity index (χ4n) is 3.40. The van der Waals surface area contributed by atoms with Crippen LogP contribution in [0.3, 0.4) is 0 Å². The SMILES string of the molecule is [B]CC1C(O)CC(C)C1CCCc1ccc(C)s1. The van der Waals surface area contributed by atoms with E-state index >= 15 is 0 Å². The van der Waals surface area contributed by atoms with Gasteiger partial charge in [-0.15, -0.1) is 11.3 Å². The molecule has 98 valence electrons. The van der Waals surface area contributed by atoms with E-state index in [0.29, 0.717) is 24.1 Å². The van der Waals surface area contributed by atoms with Crippen molar-refractivity contribution < 1.29 is 5.11 Å². The predicted octanol–water partition coefficient (Wildman–Crippen LogP) is 3.60. The molecule has 0 amide bonds. The Bertz CT molecular complexity index is 376. The zero-order valence-electron chi connectivity index (χ0n) is 11.4. The van der Waals surface area contributed by atoms with Crippen molar-refractivity contribution in [2.45, 2.75) is 52.0 Å². The highest BCUT2D eigenvalue weighted by Gasteiger charge is 2.37. The summed E-state index contributed by atoms with van der Waals surface area (Å²) in [6, 6.07) is 4.44. The molecule has 1 aromatic rings. The summed E-state index contributed by atoms with van der Waals surface area (Å²) >= 11 is 1.90. The molecule has 1 saturated carbocycles. The summed E-state index contributed by atoms with van der Waals surface area (Å²) in [5, 5.41) is 9.97. The molecule has 2 rings (SSSR count). The Hall–Kier alpha value is -0.275. The van der Waals surface area contributed by atoms with Gasteiger partial charge in [0.05, 0.1) is 14.0 Å². The van der Waals surface area contributed by atoms with Crippen LogP contribution in [0, 0.1) is 24.7 Å². The second-order valence-corrected chi connectivity index (χ2v) is 7.12. The summed E-state index contributed by atoms with van der Waals surface area (Å²) in [4.78, 5) is 2.89. The molecule has 1 heterocycles. The fraction of sp³-hybridized carbons (Fsp3) is 0.733. The van der Waals surface area contributed by atoms with Gasteiger partial charge in [-0.3, -0.25) is 0 Å². The Labute approximate surface area is 116 Å². The summed E-state index contributed by atoms with van der Waals surface area (Å²) < 4.78 is 0. The first-order valence-electron chi connectivity index (χ1n) is 7.05. The van der Waals surface area contributed by atoms with Crippen LogP contribution in [-0.4, -0.2) is 19.1 Å². The minimum atomic E-state index is -0.168. The number of thiophene rings is 1. The number of aliphatic hydroxyl groups is 1. The standard InChI is InChI=1S/C15H23BOS/c1-10-8-15(17)14(9-16)13(10)5-3-4-12-7-6-11(2)18-12/h6-7,10,13-15,17H,3-5,8-9H2,1-2H3. The maximum absolute atomic E-state index is 9.97. The van der Waals surface area contributed by atoms with Crippen LogP contribution >= 0.6 is 11.3 Å². The molecule has 3 heteroatoms. The molecule has 0 saturated heterocycles. The highest BCUT2D eigenvalue weighted by molar-refractivity contribution is 7.11. The van der Waals surface area contributed by atoms with E-state index in [1.165, 1.54) is 29.0 Å². The highest BCUT2D eigenvalue weighted by atomic mass is 32.1. The maximum atomic E-state index is 9.97. The zero-order chi connectivity index (χ0) is 13.1. The molecule has 1 fully saturated rings. The fourth-order valence-corrected chi connectivity index (χ4v) is 4.33. The normalized spacial score (nSPS) is 31.9. The van der Waals surface area contributed by atoms with Crippen molar-refractivity contribution in [3.8, 4) is 0 Å². The van der Waals surface area contributed by atoms with Crippen LogP contribution in [0.15, 0.2) is 12.1 Å². The van der Waals surface area contributed by atoms with Crippen molar-refractivity contribution in [1.29, 1.82) is 0 Å². The van der Waals surface area contributed by atoms with Crippen molar-refractivity contribution >= 4 is 19.2 Å². The molecule has 1 N–H and O–H groups in total. The largest absolute Gasteiger partial charge is 0.393 e. The third-order valence-corrected chi connectivity index (χ3v) is 5.48. The van der Waals surface area contributed by atoms with E-state index < -0.39 is 0 Å². The molecule has 18 heavy (non-hydrogen) atoms. The Morgan fingerprint density at radius 3 is 2.78 bits per heavy atom. The second-order valence-electron chi connectivity index (χ2n) is 5.75. The first kappa shape index (κ1) is 14.1. The Balaban J connectivity index is 1.82. The van der Waals surface area contributed by atoms with Crippen molar-refractivity contribution in [3.05, 3.63) is 21.9 Å². The number of hydrogen-bond acceptors (Lipinski definition) is 2. The number of aliphatic hydroxyl groups excluding tert-OH is 1. The molecular weight excluding hydrogens is 239 g/mol. The van der Waals surface area contributed by atoms with E-state index in [0.717, 1.165) is 6.42 Å². The van der Waals surface area contributed by atoms with Crippen molar-refractivity contribution in [1.82, 2.24) is 0 Å². The van der Waals surface area contributed by atoms with Gasteiger partial charge in [0.15, 0.2) is 0 Å². The maximum Gasteiger partial charge on any atom is 0.0658 e. The van der Waals surface area contributed by atoms with E-state index in [2.05, 4.69) is 26.0 Å². The average molecular weight is 262 g/mol. The summed E-state index contributed by atoms with van der Waals surface area (Å²) in [6.07, 6.45) is 5.00. The average Bonchev–Trinajstić information content (AvgIpc) is 2.84. The first-order valence-corrected chi connectivity index (χ1v) is 7.87. The smallest absolute Gasteiger partial charge is 0.0658 e. The van der Waals surface area contributed by atoms with Crippen molar-refractivity contribution in [3.63, 3.8) is 0 Å². The van der Waals surface area contributed by atoms with E-state index in [4.69, 9.17) is 7.85 Å². The quantitative estimate of drug-likeness (QED) is 0.804. The van der Waals surface area contributed by atoms with E-state index in [1.54, 1.807) is 0 Å². The lowest BCUT2D eigenvalue weighted by atomic mass is 9.78. The van der Waals surface area contributed by atoms with Gasteiger partial charge < -0.3 is 5.11 Å². The van der Waals surface area contributed by atoms with Crippen LogP contribution < -0.4 is 0 Å². The third kappa shape index (κ3) is 3.18. The molecule has 1 aliphatic carbocycles. The van der Waals surface area contributed by atoms with Gasteiger partial charge in [-0.2, -0.15) is 0 Å². The van der Waals surface area contributed by atoms with Crippen LogP contribution in [0.25, 0.3) is 0 Å². The molecule has 4 atom stereocenters. The van der Waals surface area contributed by atoms with Crippen LogP contribution in [0.1, 0.15) is 35.9 Å². The second kappa shape index (κ2) is 6.25. The van der Waals surface area contributed by atoms with Crippen LogP contribution in [-0.2, 0) is 6.42 Å². The molecule has 1 nitrogen and oxygen atoms in total.